The van der Waals surface area contributed by atoms with E-state index in [1.165, 1.54) is 5.56 Å². The highest BCUT2D eigenvalue weighted by atomic mass is 16.3. The van der Waals surface area contributed by atoms with Crippen molar-refractivity contribution < 1.29 is 5.11 Å². The molecule has 1 unspecified atom stereocenters. The first-order valence-electron chi connectivity index (χ1n) is 7.75. The van der Waals surface area contributed by atoms with Gasteiger partial charge in [0.25, 0.3) is 0 Å². The van der Waals surface area contributed by atoms with Gasteiger partial charge in [-0.1, -0.05) is 12.1 Å². The van der Waals surface area contributed by atoms with Crippen molar-refractivity contribution in [2.45, 2.75) is 50.8 Å². The Kier molecular flexibility index (Phi) is 4.36. The minimum absolute atomic E-state index is 0.0945. The Hall–Kier alpha value is -1.65. The lowest BCUT2D eigenvalue weighted by molar-refractivity contribution is 0.114. The quantitative estimate of drug-likeness (QED) is 0.908. The molecule has 0 bridgehead atoms. The van der Waals surface area contributed by atoms with Crippen molar-refractivity contribution in [3.63, 3.8) is 0 Å². The molecule has 21 heavy (non-hydrogen) atoms. The molecule has 1 saturated carbocycles. The Labute approximate surface area is 125 Å². The van der Waals surface area contributed by atoms with Crippen LogP contribution in [-0.2, 0) is 0 Å². The van der Waals surface area contributed by atoms with Gasteiger partial charge in [-0.05, 0) is 50.3 Å². The maximum atomic E-state index is 9.58. The zero-order valence-corrected chi connectivity index (χ0v) is 12.4. The van der Waals surface area contributed by atoms with Crippen LogP contribution in [0.3, 0.4) is 0 Å². The molecule has 4 heteroatoms. The molecule has 112 valence electrons. The molecule has 1 aromatic carbocycles. The second-order valence-electron chi connectivity index (χ2n) is 5.96. The van der Waals surface area contributed by atoms with Crippen LogP contribution in [0.4, 0.5) is 0 Å². The monoisotopic (exact) mass is 285 g/mol. The second kappa shape index (κ2) is 6.41. The molecule has 2 aromatic rings. The van der Waals surface area contributed by atoms with Crippen LogP contribution in [-0.4, -0.2) is 26.8 Å². The number of benzene rings is 1. The Morgan fingerprint density at radius 2 is 2.10 bits per heavy atom. The third kappa shape index (κ3) is 3.52. The van der Waals surface area contributed by atoms with Crippen molar-refractivity contribution in [1.29, 1.82) is 0 Å². The average Bonchev–Trinajstić information content (AvgIpc) is 3.04. The molecule has 1 fully saturated rings. The summed E-state index contributed by atoms with van der Waals surface area (Å²) in [5.41, 5.74) is 2.42. The number of aromatic nitrogens is 2. The van der Waals surface area contributed by atoms with E-state index in [4.69, 9.17) is 0 Å². The van der Waals surface area contributed by atoms with Crippen molar-refractivity contribution in [2.75, 3.05) is 0 Å². The Bertz CT molecular complexity index is 559. The minimum atomic E-state index is -0.0945. The Morgan fingerprint density at radius 1 is 1.29 bits per heavy atom. The van der Waals surface area contributed by atoms with Crippen LogP contribution in [0.1, 0.15) is 44.2 Å². The molecular formula is C17H23N3O. The summed E-state index contributed by atoms with van der Waals surface area (Å²) in [6.45, 7) is 2.21. The van der Waals surface area contributed by atoms with Crippen LogP contribution in [0, 0.1) is 0 Å². The van der Waals surface area contributed by atoms with Crippen molar-refractivity contribution in [1.82, 2.24) is 14.9 Å². The molecule has 1 aliphatic rings. The summed E-state index contributed by atoms with van der Waals surface area (Å²) in [4.78, 5) is 4.10. The molecule has 0 saturated heterocycles. The number of rotatable bonds is 4. The van der Waals surface area contributed by atoms with E-state index in [1.54, 1.807) is 6.20 Å². The van der Waals surface area contributed by atoms with Gasteiger partial charge in [-0.3, -0.25) is 0 Å². The van der Waals surface area contributed by atoms with Gasteiger partial charge in [0, 0.05) is 30.2 Å². The highest BCUT2D eigenvalue weighted by Gasteiger charge is 2.20. The molecule has 1 heterocycles. The van der Waals surface area contributed by atoms with E-state index in [2.05, 4.69) is 41.5 Å². The molecule has 0 spiro atoms. The Morgan fingerprint density at radius 3 is 2.81 bits per heavy atom. The standard InChI is InChI=1S/C17H23N3O/c1-13(19-15-5-7-17(21)8-6-15)14-3-2-4-16(11-14)20-10-9-18-12-20/h2-4,9-13,15,17,19,21H,5-8H2,1H3. The molecule has 1 aromatic heterocycles. The fourth-order valence-corrected chi connectivity index (χ4v) is 3.06. The summed E-state index contributed by atoms with van der Waals surface area (Å²) in [5.74, 6) is 0. The fraction of sp³-hybridized carbons (Fsp3) is 0.471. The summed E-state index contributed by atoms with van der Waals surface area (Å²) < 4.78 is 2.02. The molecular weight excluding hydrogens is 262 g/mol. The zero-order valence-electron chi connectivity index (χ0n) is 12.4. The van der Waals surface area contributed by atoms with Gasteiger partial charge in [-0.15, -0.1) is 0 Å². The average molecular weight is 285 g/mol. The third-order valence-corrected chi connectivity index (χ3v) is 4.36. The van der Waals surface area contributed by atoms with Crippen molar-refractivity contribution in [2.24, 2.45) is 0 Å². The molecule has 0 aliphatic heterocycles. The van der Waals surface area contributed by atoms with E-state index in [9.17, 15) is 5.11 Å². The van der Waals surface area contributed by atoms with Crippen LogP contribution >= 0.6 is 0 Å². The number of imidazole rings is 1. The SMILES string of the molecule is CC(NC1CCC(O)CC1)c1cccc(-n2ccnc2)c1. The smallest absolute Gasteiger partial charge is 0.0991 e. The van der Waals surface area contributed by atoms with Crippen LogP contribution in [0.25, 0.3) is 5.69 Å². The van der Waals surface area contributed by atoms with E-state index in [1.807, 2.05) is 17.1 Å². The summed E-state index contributed by atoms with van der Waals surface area (Å²) in [6, 6.07) is 9.38. The van der Waals surface area contributed by atoms with Crippen LogP contribution in [0.2, 0.25) is 0 Å². The van der Waals surface area contributed by atoms with Gasteiger partial charge >= 0.3 is 0 Å². The first-order valence-corrected chi connectivity index (χ1v) is 7.75. The van der Waals surface area contributed by atoms with E-state index < -0.39 is 0 Å². The summed E-state index contributed by atoms with van der Waals surface area (Å²) in [6.07, 6.45) is 9.43. The van der Waals surface area contributed by atoms with Crippen LogP contribution in [0.15, 0.2) is 43.0 Å². The van der Waals surface area contributed by atoms with Gasteiger partial charge in [0.15, 0.2) is 0 Å². The van der Waals surface area contributed by atoms with E-state index >= 15 is 0 Å². The normalized spacial score (nSPS) is 23.9. The lowest BCUT2D eigenvalue weighted by Gasteiger charge is -2.29. The van der Waals surface area contributed by atoms with Gasteiger partial charge in [0.1, 0.15) is 0 Å². The molecule has 4 nitrogen and oxygen atoms in total. The van der Waals surface area contributed by atoms with Crippen LogP contribution < -0.4 is 5.32 Å². The summed E-state index contributed by atoms with van der Waals surface area (Å²) in [7, 11) is 0. The zero-order chi connectivity index (χ0) is 14.7. The third-order valence-electron chi connectivity index (χ3n) is 4.36. The molecule has 2 N–H and O–H groups in total. The Balaban J connectivity index is 1.67. The minimum Gasteiger partial charge on any atom is -0.393 e. The van der Waals surface area contributed by atoms with Crippen LogP contribution in [0.5, 0.6) is 0 Å². The van der Waals surface area contributed by atoms with Crippen molar-refractivity contribution in [3.05, 3.63) is 48.5 Å². The van der Waals surface area contributed by atoms with E-state index in [0.717, 1.165) is 31.4 Å². The molecule has 0 radical (unpaired) electrons. The molecule has 1 atom stereocenters. The highest BCUT2D eigenvalue weighted by molar-refractivity contribution is 5.37. The van der Waals surface area contributed by atoms with Crippen molar-refractivity contribution in [3.8, 4) is 5.69 Å². The number of nitrogens with one attached hydrogen (secondary N) is 1. The van der Waals surface area contributed by atoms with Gasteiger partial charge in [-0.2, -0.15) is 0 Å². The number of hydrogen-bond acceptors (Lipinski definition) is 3. The summed E-state index contributed by atoms with van der Waals surface area (Å²) >= 11 is 0. The number of hydrogen-bond donors (Lipinski definition) is 2. The number of aliphatic hydroxyl groups excluding tert-OH is 1. The number of aliphatic hydroxyl groups is 1. The first kappa shape index (κ1) is 14.3. The maximum absolute atomic E-state index is 9.58. The van der Waals surface area contributed by atoms with Gasteiger partial charge < -0.3 is 15.0 Å². The van der Waals surface area contributed by atoms with Gasteiger partial charge in [0.05, 0.1) is 12.4 Å². The number of nitrogens with zero attached hydrogens (tertiary/aromatic N) is 2. The summed E-state index contributed by atoms with van der Waals surface area (Å²) in [5, 5.41) is 13.3. The van der Waals surface area contributed by atoms with Crippen molar-refractivity contribution >= 4 is 0 Å². The lowest BCUT2D eigenvalue weighted by atomic mass is 9.92. The predicted molar refractivity (Wildman–Crippen MR) is 83.4 cm³/mol. The molecule has 0 amide bonds. The van der Waals surface area contributed by atoms with E-state index in [-0.39, 0.29) is 6.10 Å². The van der Waals surface area contributed by atoms with E-state index in [0.29, 0.717) is 12.1 Å². The second-order valence-corrected chi connectivity index (χ2v) is 5.96. The maximum Gasteiger partial charge on any atom is 0.0991 e. The largest absolute Gasteiger partial charge is 0.393 e. The molecule has 3 rings (SSSR count). The lowest BCUT2D eigenvalue weighted by Crippen LogP contribution is -2.36. The van der Waals surface area contributed by atoms with Gasteiger partial charge in [-0.25, -0.2) is 4.98 Å². The van der Waals surface area contributed by atoms with Gasteiger partial charge in [0.2, 0.25) is 0 Å². The predicted octanol–water partition coefficient (Wildman–Crippen LogP) is 2.83. The topological polar surface area (TPSA) is 50.1 Å². The molecule has 1 aliphatic carbocycles. The fourth-order valence-electron chi connectivity index (χ4n) is 3.06. The first-order chi connectivity index (χ1) is 10.2. The highest BCUT2D eigenvalue weighted by Crippen LogP contribution is 2.23.